The molecule has 10 heteroatoms. The van der Waals surface area contributed by atoms with E-state index in [-0.39, 0.29) is 35.6 Å². The summed E-state index contributed by atoms with van der Waals surface area (Å²) in [7, 11) is -0.954. The van der Waals surface area contributed by atoms with Gasteiger partial charge < -0.3 is 32.8 Å². The maximum Gasteiger partial charge on any atom is 0.261 e. The molecule has 9 nitrogen and oxygen atoms in total. The lowest BCUT2D eigenvalue weighted by molar-refractivity contribution is -0.0639. The maximum absolute atomic E-state index is 7.13. The van der Waals surface area contributed by atoms with Crippen LogP contribution in [-0.4, -0.2) is 95.6 Å². The zero-order valence-electron chi connectivity index (χ0n) is 28.9. The number of benzene rings is 2. The van der Waals surface area contributed by atoms with Gasteiger partial charge in [0, 0.05) is 19.2 Å². The van der Waals surface area contributed by atoms with E-state index in [0.29, 0.717) is 52.2 Å². The SMILES string of the molecule is CO[C@@H]1CO[C@H]2[C@@H]1OC[C@H]2OCCOCCOC1CCC(c2nccc(CO[Si](c3ccccc3)(c3ccccc3)C(C)(C)C)n2)CC1. The Morgan fingerprint density at radius 1 is 0.750 bits per heavy atom. The lowest BCUT2D eigenvalue weighted by Crippen LogP contribution is -2.66. The molecule has 48 heavy (non-hydrogen) atoms. The number of methoxy groups -OCH3 is 1. The lowest BCUT2D eigenvalue weighted by Gasteiger charge is -2.43. The number of ether oxygens (including phenoxy) is 6. The summed E-state index contributed by atoms with van der Waals surface area (Å²) in [5, 5.41) is 2.46. The first kappa shape index (κ1) is 35.3. The molecule has 1 aromatic heterocycles. The van der Waals surface area contributed by atoms with E-state index in [1.165, 1.54) is 10.4 Å². The van der Waals surface area contributed by atoms with Gasteiger partial charge >= 0.3 is 0 Å². The van der Waals surface area contributed by atoms with Gasteiger partial charge in [-0.2, -0.15) is 0 Å². The Morgan fingerprint density at radius 3 is 1.98 bits per heavy atom. The summed E-state index contributed by atoms with van der Waals surface area (Å²) in [6, 6.07) is 23.5. The topological polar surface area (TPSA) is 90.4 Å². The van der Waals surface area contributed by atoms with Crippen LogP contribution in [0.1, 0.15) is 63.9 Å². The molecule has 3 heterocycles. The molecule has 0 unspecified atom stereocenters. The van der Waals surface area contributed by atoms with E-state index in [2.05, 4.69) is 81.4 Å². The zero-order valence-corrected chi connectivity index (χ0v) is 29.9. The molecule has 0 radical (unpaired) electrons. The van der Waals surface area contributed by atoms with E-state index in [4.69, 9.17) is 42.8 Å². The van der Waals surface area contributed by atoms with Gasteiger partial charge in [0.05, 0.1) is 58.0 Å². The molecule has 0 spiro atoms. The Bertz CT molecular complexity index is 1360. The summed E-state index contributed by atoms with van der Waals surface area (Å²) in [4.78, 5) is 9.75. The Morgan fingerprint density at radius 2 is 1.35 bits per heavy atom. The van der Waals surface area contributed by atoms with Crippen molar-refractivity contribution < 1.29 is 32.8 Å². The second-order valence-electron chi connectivity index (χ2n) is 14.1. The number of fused-ring (bicyclic) bond motifs is 1. The van der Waals surface area contributed by atoms with E-state index in [1.54, 1.807) is 7.11 Å². The number of nitrogens with zero attached hydrogens (tertiary/aromatic N) is 2. The Kier molecular flexibility index (Phi) is 12.1. The fourth-order valence-corrected chi connectivity index (χ4v) is 12.0. The average molecular weight is 677 g/mol. The molecule has 0 N–H and O–H groups in total. The molecule has 3 aliphatic rings. The Hall–Kier alpha value is -2.54. The summed E-state index contributed by atoms with van der Waals surface area (Å²) < 4.78 is 42.1. The van der Waals surface area contributed by atoms with Crippen LogP contribution >= 0.6 is 0 Å². The molecule has 6 rings (SSSR count). The minimum absolute atomic E-state index is 0.00882. The van der Waals surface area contributed by atoms with Gasteiger partial charge in [-0.25, -0.2) is 9.97 Å². The van der Waals surface area contributed by atoms with Crippen molar-refractivity contribution >= 4 is 18.7 Å². The number of hydrogen-bond acceptors (Lipinski definition) is 9. The summed E-state index contributed by atoms with van der Waals surface area (Å²) in [5.74, 6) is 1.24. The minimum Gasteiger partial charge on any atom is -0.401 e. The molecule has 3 aromatic rings. The first-order chi connectivity index (χ1) is 23.4. The highest BCUT2D eigenvalue weighted by Crippen LogP contribution is 2.38. The molecule has 0 bridgehead atoms. The third-order valence-corrected chi connectivity index (χ3v) is 15.0. The molecule has 2 aliphatic heterocycles. The first-order valence-corrected chi connectivity index (χ1v) is 19.4. The van der Waals surface area contributed by atoms with E-state index >= 15 is 0 Å². The summed E-state index contributed by atoms with van der Waals surface area (Å²) >= 11 is 0. The summed E-state index contributed by atoms with van der Waals surface area (Å²) in [5.41, 5.74) is 0.933. The van der Waals surface area contributed by atoms with Crippen molar-refractivity contribution in [2.24, 2.45) is 0 Å². The zero-order chi connectivity index (χ0) is 33.4. The number of aromatic nitrogens is 2. The van der Waals surface area contributed by atoms with Crippen LogP contribution in [0.2, 0.25) is 5.04 Å². The van der Waals surface area contributed by atoms with Crippen LogP contribution in [0, 0.1) is 0 Å². The molecule has 2 saturated heterocycles. The summed E-state index contributed by atoms with van der Waals surface area (Å²) in [6.07, 6.45) is 5.98. The molecule has 2 aromatic carbocycles. The highest BCUT2D eigenvalue weighted by atomic mass is 28.4. The Balaban J connectivity index is 0.945. The predicted molar refractivity (Wildman–Crippen MR) is 186 cm³/mol. The van der Waals surface area contributed by atoms with Crippen LogP contribution < -0.4 is 10.4 Å². The van der Waals surface area contributed by atoms with E-state index in [1.807, 2.05) is 12.3 Å². The van der Waals surface area contributed by atoms with Crippen molar-refractivity contribution in [1.82, 2.24) is 9.97 Å². The third kappa shape index (κ3) is 8.08. The molecule has 3 fully saturated rings. The van der Waals surface area contributed by atoms with Crippen molar-refractivity contribution in [2.75, 3.05) is 46.8 Å². The fourth-order valence-electron chi connectivity index (χ4n) is 7.53. The van der Waals surface area contributed by atoms with E-state index in [9.17, 15) is 0 Å². The molecular formula is C38H52N2O7Si. The molecule has 4 atom stereocenters. The quantitative estimate of drug-likeness (QED) is 0.166. The van der Waals surface area contributed by atoms with Gasteiger partial charge in [-0.05, 0) is 47.2 Å². The largest absolute Gasteiger partial charge is 0.401 e. The van der Waals surface area contributed by atoms with E-state index in [0.717, 1.165) is 37.2 Å². The van der Waals surface area contributed by atoms with E-state index < -0.39 is 8.32 Å². The van der Waals surface area contributed by atoms with Crippen LogP contribution in [0.4, 0.5) is 0 Å². The van der Waals surface area contributed by atoms with Crippen LogP contribution in [-0.2, 0) is 39.5 Å². The van der Waals surface area contributed by atoms with Crippen molar-refractivity contribution in [1.29, 1.82) is 0 Å². The van der Waals surface area contributed by atoms with Crippen LogP contribution in [0.25, 0.3) is 0 Å². The summed E-state index contributed by atoms with van der Waals surface area (Å²) in [6.45, 7) is 10.6. The minimum atomic E-state index is -2.65. The smallest absolute Gasteiger partial charge is 0.261 e. The van der Waals surface area contributed by atoms with Gasteiger partial charge in [-0.1, -0.05) is 81.4 Å². The third-order valence-electron chi connectivity index (χ3n) is 10.0. The lowest BCUT2D eigenvalue weighted by atomic mass is 9.87. The van der Waals surface area contributed by atoms with Gasteiger partial charge in [0.15, 0.2) is 0 Å². The monoisotopic (exact) mass is 676 g/mol. The van der Waals surface area contributed by atoms with Gasteiger partial charge in [-0.15, -0.1) is 0 Å². The molecular weight excluding hydrogens is 625 g/mol. The van der Waals surface area contributed by atoms with Crippen LogP contribution in [0.5, 0.6) is 0 Å². The van der Waals surface area contributed by atoms with Gasteiger partial charge in [-0.3, -0.25) is 0 Å². The van der Waals surface area contributed by atoms with Crippen LogP contribution in [0.15, 0.2) is 72.9 Å². The molecule has 1 aliphatic carbocycles. The highest BCUT2D eigenvalue weighted by Gasteiger charge is 2.50. The second-order valence-corrected chi connectivity index (χ2v) is 18.4. The molecule has 1 saturated carbocycles. The number of hydrogen-bond donors (Lipinski definition) is 0. The van der Waals surface area contributed by atoms with Crippen LogP contribution in [0.3, 0.4) is 0 Å². The molecule has 260 valence electrons. The number of rotatable bonds is 15. The Labute approximate surface area is 286 Å². The van der Waals surface area contributed by atoms with Crippen molar-refractivity contribution in [3.05, 3.63) is 84.4 Å². The normalized spacial score (nSPS) is 26.1. The average Bonchev–Trinajstić information content (AvgIpc) is 3.71. The first-order valence-electron chi connectivity index (χ1n) is 17.5. The predicted octanol–water partition coefficient (Wildman–Crippen LogP) is 4.81. The van der Waals surface area contributed by atoms with Crippen molar-refractivity contribution in [3.8, 4) is 0 Å². The second kappa shape index (κ2) is 16.4. The maximum atomic E-state index is 7.13. The van der Waals surface area contributed by atoms with Gasteiger partial charge in [0.25, 0.3) is 8.32 Å². The fraction of sp³-hybridized carbons (Fsp3) is 0.579. The standard InChI is InChI=1S/C38H52N2O7Si/c1-38(2,3)48(31-11-7-5-8-12-31,32-13-9-6-10-14-32)47-25-29-19-20-39-37(40-29)28-15-17-30(18-16-28)43-23-21-42-22-24-44-34-27-46-35-33(41-4)26-45-36(34)35/h5-14,19-20,28,30,33-36H,15-18,21-27H2,1-4H3/t28?,30?,33-,34-,35-,36-/m1/s1. The van der Waals surface area contributed by atoms with Crippen molar-refractivity contribution in [2.45, 2.75) is 94.5 Å². The molecule has 0 amide bonds. The van der Waals surface area contributed by atoms with Crippen molar-refractivity contribution in [3.63, 3.8) is 0 Å². The highest BCUT2D eigenvalue weighted by molar-refractivity contribution is 6.99. The van der Waals surface area contributed by atoms with Gasteiger partial charge in [0.2, 0.25) is 0 Å². The van der Waals surface area contributed by atoms with Gasteiger partial charge in [0.1, 0.15) is 30.2 Å².